The molecule has 4 nitrogen and oxygen atoms in total. The normalized spacial score (nSPS) is 18.2. The number of ether oxygens (including phenoxy) is 1. The van der Waals surface area contributed by atoms with Crippen LogP contribution in [0.3, 0.4) is 0 Å². The van der Waals surface area contributed by atoms with E-state index in [0.29, 0.717) is 6.42 Å². The molecule has 0 unspecified atom stereocenters. The van der Waals surface area contributed by atoms with Crippen LogP contribution >= 0.6 is 0 Å². The molecule has 2 aromatic rings. The van der Waals surface area contributed by atoms with Gasteiger partial charge >= 0.3 is 13.1 Å². The van der Waals surface area contributed by atoms with E-state index in [1.165, 1.54) is 6.92 Å². The maximum atomic E-state index is 11.4. The number of allylic oxidation sites excluding steroid dienone is 2. The molecule has 0 radical (unpaired) electrons. The fraction of sp³-hybridized carbons (Fsp3) is 0.346. The summed E-state index contributed by atoms with van der Waals surface area (Å²) in [6, 6.07) is 20.3. The summed E-state index contributed by atoms with van der Waals surface area (Å²) in [6.07, 6.45) is 4.69. The minimum absolute atomic E-state index is 0.268. The van der Waals surface area contributed by atoms with Crippen LogP contribution in [0.2, 0.25) is 0 Å². The van der Waals surface area contributed by atoms with Crippen molar-refractivity contribution < 1.29 is 18.8 Å². The second kappa shape index (κ2) is 9.67. The lowest BCUT2D eigenvalue weighted by molar-refractivity contribution is -0.140. The van der Waals surface area contributed by atoms with Crippen molar-refractivity contribution in [1.29, 1.82) is 0 Å². The highest BCUT2D eigenvalue weighted by Gasteiger charge is 2.52. The zero-order valence-electron chi connectivity index (χ0n) is 19.1. The van der Waals surface area contributed by atoms with Gasteiger partial charge in [0.05, 0.1) is 17.8 Å². The Morgan fingerprint density at radius 2 is 1.48 bits per heavy atom. The Morgan fingerprint density at radius 1 is 0.935 bits per heavy atom. The molecule has 5 heteroatoms. The second-order valence-electron chi connectivity index (χ2n) is 8.73. The van der Waals surface area contributed by atoms with Gasteiger partial charge in [0.1, 0.15) is 0 Å². The number of benzene rings is 2. The zero-order valence-corrected chi connectivity index (χ0v) is 19.1. The first-order valence-corrected chi connectivity index (χ1v) is 10.7. The van der Waals surface area contributed by atoms with E-state index in [1.54, 1.807) is 0 Å². The molecule has 0 atom stereocenters. The number of rotatable bonds is 7. The predicted octanol–water partition coefficient (Wildman–Crippen LogP) is 5.74. The molecular formula is C26H31BO4. The number of hydrogen-bond donors (Lipinski definition) is 0. The Kier molecular flexibility index (Phi) is 7.19. The highest BCUT2D eigenvalue weighted by Crippen LogP contribution is 2.41. The SMILES string of the molecule is CC(=O)OCC/C(B1OC(C)(C)C(C)(C)O1)=C(\C=C\c1ccccc1)c1ccccc1. The molecule has 162 valence electrons. The van der Waals surface area contributed by atoms with E-state index in [-0.39, 0.29) is 12.6 Å². The van der Waals surface area contributed by atoms with Gasteiger partial charge in [0.15, 0.2) is 0 Å². The average Bonchev–Trinajstić information content (AvgIpc) is 2.95. The van der Waals surface area contributed by atoms with Gasteiger partial charge in [-0.3, -0.25) is 4.79 Å². The molecule has 3 rings (SSSR count). The molecule has 0 amide bonds. The van der Waals surface area contributed by atoms with Crippen LogP contribution in [0.25, 0.3) is 11.6 Å². The maximum Gasteiger partial charge on any atom is 0.491 e. The molecule has 0 aromatic heterocycles. The number of esters is 1. The van der Waals surface area contributed by atoms with E-state index in [2.05, 4.69) is 36.4 Å². The summed E-state index contributed by atoms with van der Waals surface area (Å²) in [5, 5.41) is 0. The molecule has 2 aromatic carbocycles. The highest BCUT2D eigenvalue weighted by atomic mass is 16.7. The molecule has 1 saturated heterocycles. The zero-order chi connectivity index (χ0) is 22.5. The average molecular weight is 418 g/mol. The lowest BCUT2D eigenvalue weighted by Gasteiger charge is -2.32. The molecule has 1 aliphatic rings. The van der Waals surface area contributed by atoms with E-state index < -0.39 is 18.3 Å². The largest absolute Gasteiger partial charge is 0.491 e. The predicted molar refractivity (Wildman–Crippen MR) is 126 cm³/mol. The van der Waals surface area contributed by atoms with Crippen molar-refractivity contribution in [3.05, 3.63) is 83.3 Å². The quantitative estimate of drug-likeness (QED) is 0.327. The first-order valence-electron chi connectivity index (χ1n) is 10.7. The monoisotopic (exact) mass is 418 g/mol. The third kappa shape index (κ3) is 5.75. The van der Waals surface area contributed by atoms with E-state index in [4.69, 9.17) is 14.0 Å². The molecule has 0 spiro atoms. The van der Waals surface area contributed by atoms with Crippen LogP contribution in [-0.2, 0) is 18.8 Å². The third-order valence-corrected chi connectivity index (χ3v) is 5.89. The van der Waals surface area contributed by atoms with Crippen molar-refractivity contribution in [3.63, 3.8) is 0 Å². The van der Waals surface area contributed by atoms with Gasteiger partial charge in [-0.15, -0.1) is 0 Å². The first-order chi connectivity index (χ1) is 14.7. The van der Waals surface area contributed by atoms with Gasteiger partial charge in [-0.1, -0.05) is 72.8 Å². The summed E-state index contributed by atoms with van der Waals surface area (Å²) in [7, 11) is -0.531. The van der Waals surface area contributed by atoms with Crippen molar-refractivity contribution in [2.24, 2.45) is 0 Å². The molecule has 0 aliphatic carbocycles. The summed E-state index contributed by atoms with van der Waals surface area (Å²) >= 11 is 0. The molecule has 1 heterocycles. The van der Waals surface area contributed by atoms with Gasteiger partial charge in [-0.2, -0.15) is 0 Å². The van der Waals surface area contributed by atoms with E-state index in [1.807, 2.05) is 64.1 Å². The minimum Gasteiger partial charge on any atom is -0.466 e. The third-order valence-electron chi connectivity index (χ3n) is 5.89. The Balaban J connectivity index is 2.08. The maximum absolute atomic E-state index is 11.4. The Labute approximate surface area is 186 Å². The van der Waals surface area contributed by atoms with Crippen LogP contribution in [0.5, 0.6) is 0 Å². The van der Waals surface area contributed by atoms with Crippen LogP contribution in [-0.4, -0.2) is 30.9 Å². The van der Waals surface area contributed by atoms with Crippen LogP contribution in [0.4, 0.5) is 0 Å². The summed E-state index contributed by atoms with van der Waals surface area (Å²) in [4.78, 5) is 11.4. The molecule has 0 saturated carbocycles. The number of hydrogen-bond acceptors (Lipinski definition) is 4. The Bertz CT molecular complexity index is 930. The Morgan fingerprint density at radius 3 is 2.03 bits per heavy atom. The number of carbonyl (C=O) groups is 1. The fourth-order valence-electron chi connectivity index (χ4n) is 3.42. The Hall–Kier alpha value is -2.63. The van der Waals surface area contributed by atoms with Gasteiger partial charge in [0.25, 0.3) is 0 Å². The van der Waals surface area contributed by atoms with E-state index >= 15 is 0 Å². The molecule has 31 heavy (non-hydrogen) atoms. The molecule has 0 bridgehead atoms. The van der Waals surface area contributed by atoms with Crippen LogP contribution < -0.4 is 0 Å². The smallest absolute Gasteiger partial charge is 0.466 e. The first kappa shape index (κ1) is 23.0. The van der Waals surface area contributed by atoms with Gasteiger partial charge in [0, 0.05) is 13.3 Å². The van der Waals surface area contributed by atoms with Crippen molar-refractivity contribution in [1.82, 2.24) is 0 Å². The van der Waals surface area contributed by atoms with Gasteiger partial charge in [0.2, 0.25) is 0 Å². The summed E-state index contributed by atoms with van der Waals surface area (Å²) in [5.74, 6) is -0.297. The standard InChI is InChI=1S/C26H31BO4/c1-20(28)29-19-18-24(27-30-25(2,3)26(4,5)31-27)23(22-14-10-7-11-15-22)17-16-21-12-8-6-9-13-21/h6-17H,18-19H2,1-5H3/b17-16+,24-23-. The molecular weight excluding hydrogens is 387 g/mol. The van der Waals surface area contributed by atoms with Crippen molar-refractivity contribution in [3.8, 4) is 0 Å². The van der Waals surface area contributed by atoms with Crippen LogP contribution in [0, 0.1) is 0 Å². The van der Waals surface area contributed by atoms with Crippen molar-refractivity contribution in [2.45, 2.75) is 52.2 Å². The van der Waals surface area contributed by atoms with Crippen LogP contribution in [0.15, 0.2) is 72.2 Å². The van der Waals surface area contributed by atoms with Crippen LogP contribution in [0.1, 0.15) is 52.2 Å². The number of carbonyl (C=O) groups excluding carboxylic acids is 1. The second-order valence-corrected chi connectivity index (χ2v) is 8.73. The molecule has 1 fully saturated rings. The topological polar surface area (TPSA) is 44.8 Å². The summed E-state index contributed by atoms with van der Waals surface area (Å²) in [5.41, 5.74) is 3.20. The lowest BCUT2D eigenvalue weighted by atomic mass is 9.72. The summed E-state index contributed by atoms with van der Waals surface area (Å²) < 4.78 is 18.0. The van der Waals surface area contributed by atoms with Crippen molar-refractivity contribution >= 4 is 24.7 Å². The minimum atomic E-state index is -0.531. The molecule has 1 aliphatic heterocycles. The highest BCUT2D eigenvalue weighted by molar-refractivity contribution is 6.56. The molecule has 0 N–H and O–H groups in total. The fourth-order valence-corrected chi connectivity index (χ4v) is 3.42. The lowest BCUT2D eigenvalue weighted by Crippen LogP contribution is -2.41. The van der Waals surface area contributed by atoms with E-state index in [9.17, 15) is 4.79 Å². The van der Waals surface area contributed by atoms with Gasteiger partial charge in [-0.25, -0.2) is 0 Å². The summed E-state index contributed by atoms with van der Waals surface area (Å²) in [6.45, 7) is 9.85. The van der Waals surface area contributed by atoms with Gasteiger partial charge in [-0.05, 0) is 49.9 Å². The van der Waals surface area contributed by atoms with Gasteiger partial charge < -0.3 is 14.0 Å². The van der Waals surface area contributed by atoms with E-state index in [0.717, 1.165) is 22.2 Å². The van der Waals surface area contributed by atoms with Crippen molar-refractivity contribution in [2.75, 3.05) is 6.61 Å².